The normalized spacial score (nSPS) is 11.1. The first kappa shape index (κ1) is 13.0. The van der Waals surface area contributed by atoms with Crippen LogP contribution in [0.5, 0.6) is 0 Å². The molecule has 20 heavy (non-hydrogen) atoms. The van der Waals surface area contributed by atoms with E-state index >= 15 is 0 Å². The third-order valence-corrected chi connectivity index (χ3v) is 3.92. The number of fused-ring (bicyclic) bond motifs is 1. The van der Waals surface area contributed by atoms with Crippen molar-refractivity contribution >= 4 is 27.2 Å². The molecule has 2 aromatic heterocycles. The van der Waals surface area contributed by atoms with Crippen LogP contribution in [0, 0.1) is 5.95 Å². The number of aromatic nitrogens is 2. The largest absolute Gasteiger partial charge is 0.378 e. The molecule has 4 nitrogen and oxygen atoms in total. The Balaban J connectivity index is 2.14. The van der Waals surface area contributed by atoms with Crippen LogP contribution in [0.1, 0.15) is 5.69 Å². The van der Waals surface area contributed by atoms with E-state index in [9.17, 15) is 4.39 Å². The lowest BCUT2D eigenvalue weighted by Gasteiger charge is -2.04. The summed E-state index contributed by atoms with van der Waals surface area (Å²) in [5.74, 6) is -0.490. The average Bonchev–Trinajstić information content (AvgIpc) is 2.79. The number of hydrogen-bond donors (Lipinski definition) is 1. The van der Waals surface area contributed by atoms with Gasteiger partial charge in [0.1, 0.15) is 0 Å². The highest BCUT2D eigenvalue weighted by molar-refractivity contribution is 7.18. The van der Waals surface area contributed by atoms with E-state index in [4.69, 9.17) is 10.5 Å². The molecule has 0 aliphatic rings. The zero-order valence-electron chi connectivity index (χ0n) is 10.8. The quantitative estimate of drug-likeness (QED) is 0.752. The van der Waals surface area contributed by atoms with Gasteiger partial charge in [-0.1, -0.05) is 23.5 Å². The number of halogens is 1. The summed E-state index contributed by atoms with van der Waals surface area (Å²) in [5, 5.41) is 2.18. The number of rotatable bonds is 3. The van der Waals surface area contributed by atoms with Gasteiger partial charge in [-0.05, 0) is 17.0 Å². The summed E-state index contributed by atoms with van der Waals surface area (Å²) in [6.07, 6.45) is 1.52. The van der Waals surface area contributed by atoms with Gasteiger partial charge in [0.25, 0.3) is 0 Å². The molecule has 0 radical (unpaired) electrons. The summed E-state index contributed by atoms with van der Waals surface area (Å²) in [4.78, 5) is 8.85. The highest BCUT2D eigenvalue weighted by atomic mass is 32.1. The molecule has 0 bridgehead atoms. The zero-order chi connectivity index (χ0) is 14.1. The molecule has 3 rings (SSSR count). The molecule has 2 N–H and O–H groups in total. The third-order valence-electron chi connectivity index (χ3n) is 2.95. The van der Waals surface area contributed by atoms with E-state index in [0.29, 0.717) is 11.7 Å². The summed E-state index contributed by atoms with van der Waals surface area (Å²) in [5.41, 5.74) is 7.51. The predicted molar refractivity (Wildman–Crippen MR) is 77.9 cm³/mol. The van der Waals surface area contributed by atoms with Gasteiger partial charge < -0.3 is 10.5 Å². The van der Waals surface area contributed by atoms with E-state index in [2.05, 4.69) is 9.97 Å². The number of benzene rings is 1. The number of ether oxygens (including phenoxy) is 1. The van der Waals surface area contributed by atoms with Crippen LogP contribution in [-0.2, 0) is 11.3 Å². The number of nitrogens with zero attached hydrogens (tertiary/aromatic N) is 2. The van der Waals surface area contributed by atoms with E-state index in [1.54, 1.807) is 7.11 Å². The highest BCUT2D eigenvalue weighted by Gasteiger charge is 2.12. The number of anilines is 1. The fraction of sp³-hybridized carbons (Fsp3) is 0.143. The van der Waals surface area contributed by atoms with Gasteiger partial charge in [-0.3, -0.25) is 0 Å². The van der Waals surface area contributed by atoms with E-state index in [0.717, 1.165) is 26.9 Å². The topological polar surface area (TPSA) is 61.0 Å². The van der Waals surface area contributed by atoms with Gasteiger partial charge in [-0.15, -0.1) is 0 Å². The van der Waals surface area contributed by atoms with Crippen LogP contribution in [0.2, 0.25) is 0 Å². The van der Waals surface area contributed by atoms with Crippen molar-refractivity contribution in [3.05, 3.63) is 42.1 Å². The minimum Gasteiger partial charge on any atom is -0.378 e. The first-order valence-corrected chi connectivity index (χ1v) is 6.79. The second-order valence-corrected chi connectivity index (χ2v) is 5.36. The number of nitrogens with two attached hydrogens (primary N) is 1. The van der Waals surface area contributed by atoms with Crippen molar-refractivity contribution in [2.45, 2.75) is 6.61 Å². The van der Waals surface area contributed by atoms with E-state index in [-0.39, 0.29) is 0 Å². The minimum atomic E-state index is -0.490. The molecule has 2 heterocycles. The first-order valence-electron chi connectivity index (χ1n) is 5.97. The summed E-state index contributed by atoms with van der Waals surface area (Å²) >= 11 is 1.40. The smallest absolute Gasteiger partial charge is 0.213 e. The number of nitrogen functional groups attached to an aromatic ring is 1. The lowest BCUT2D eigenvalue weighted by molar-refractivity contribution is 0.182. The molecule has 0 saturated carbocycles. The second-order valence-electron chi connectivity index (χ2n) is 4.33. The van der Waals surface area contributed by atoms with Crippen LogP contribution in [0.4, 0.5) is 9.52 Å². The molecule has 0 fully saturated rings. The molecule has 0 saturated heterocycles. The van der Waals surface area contributed by atoms with Crippen molar-refractivity contribution in [1.82, 2.24) is 9.97 Å². The van der Waals surface area contributed by atoms with Crippen LogP contribution in [0.25, 0.3) is 21.2 Å². The lowest BCUT2D eigenvalue weighted by atomic mass is 10.1. The predicted octanol–water partition coefficient (Wildman–Crippen LogP) is 3.23. The summed E-state index contributed by atoms with van der Waals surface area (Å²) in [6, 6.07) is 7.18. The Labute approximate surface area is 119 Å². The Morgan fingerprint density at radius 3 is 2.95 bits per heavy atom. The Bertz CT molecular complexity index is 772. The van der Waals surface area contributed by atoms with Gasteiger partial charge in [-0.25, -0.2) is 9.97 Å². The molecular formula is C14H12FN3OS. The zero-order valence-corrected chi connectivity index (χ0v) is 11.6. The van der Waals surface area contributed by atoms with Crippen LogP contribution < -0.4 is 5.73 Å². The Hall–Kier alpha value is -2.05. The minimum absolute atomic E-state index is 0.395. The third kappa shape index (κ3) is 2.35. The molecule has 3 aromatic rings. The van der Waals surface area contributed by atoms with E-state index in [1.165, 1.54) is 23.6 Å². The van der Waals surface area contributed by atoms with Crippen LogP contribution >= 0.6 is 11.3 Å². The van der Waals surface area contributed by atoms with Crippen molar-refractivity contribution < 1.29 is 9.13 Å². The van der Waals surface area contributed by atoms with Gasteiger partial charge >= 0.3 is 0 Å². The monoisotopic (exact) mass is 289 g/mol. The van der Waals surface area contributed by atoms with Crippen molar-refractivity contribution in [2.24, 2.45) is 0 Å². The summed E-state index contributed by atoms with van der Waals surface area (Å²) in [6.45, 7) is 0.395. The molecule has 6 heteroatoms. The van der Waals surface area contributed by atoms with Crippen LogP contribution in [-0.4, -0.2) is 17.1 Å². The summed E-state index contributed by atoms with van der Waals surface area (Å²) in [7, 11) is 1.61. The SMILES string of the molecule is COCc1nc(N)sc1-c1ccc2cnc(F)cc2c1. The Morgan fingerprint density at radius 1 is 1.30 bits per heavy atom. The number of thiazole rings is 1. The molecule has 0 atom stereocenters. The standard InChI is InChI=1S/C14H12FN3OS/c1-19-7-11-13(20-14(16)18-11)8-2-3-9-6-17-12(15)5-10(9)4-8/h2-6H,7H2,1H3,(H2,16,18). The van der Waals surface area contributed by atoms with Crippen molar-refractivity contribution in [3.63, 3.8) is 0 Å². The van der Waals surface area contributed by atoms with Crippen molar-refractivity contribution in [1.29, 1.82) is 0 Å². The fourth-order valence-electron chi connectivity index (χ4n) is 2.09. The van der Waals surface area contributed by atoms with Gasteiger partial charge in [0.2, 0.25) is 5.95 Å². The lowest BCUT2D eigenvalue weighted by Crippen LogP contribution is -1.91. The van der Waals surface area contributed by atoms with Crippen LogP contribution in [0.3, 0.4) is 0 Å². The average molecular weight is 289 g/mol. The fourth-order valence-corrected chi connectivity index (χ4v) is 2.92. The van der Waals surface area contributed by atoms with E-state index < -0.39 is 5.95 Å². The highest BCUT2D eigenvalue weighted by Crippen LogP contribution is 2.33. The Kier molecular flexibility index (Phi) is 3.33. The number of hydrogen-bond acceptors (Lipinski definition) is 5. The molecule has 0 amide bonds. The number of pyridine rings is 1. The van der Waals surface area contributed by atoms with Crippen LogP contribution in [0.15, 0.2) is 30.5 Å². The maximum atomic E-state index is 13.2. The maximum Gasteiger partial charge on any atom is 0.213 e. The molecular weight excluding hydrogens is 277 g/mol. The van der Waals surface area contributed by atoms with E-state index in [1.807, 2.05) is 18.2 Å². The van der Waals surface area contributed by atoms with Crippen molar-refractivity contribution in [2.75, 3.05) is 12.8 Å². The first-order chi connectivity index (χ1) is 9.67. The Morgan fingerprint density at radius 2 is 2.15 bits per heavy atom. The molecule has 0 aliphatic carbocycles. The second kappa shape index (κ2) is 5.15. The summed E-state index contributed by atoms with van der Waals surface area (Å²) < 4.78 is 18.3. The van der Waals surface area contributed by atoms with Gasteiger partial charge in [0.15, 0.2) is 5.13 Å². The molecule has 1 aromatic carbocycles. The maximum absolute atomic E-state index is 13.2. The van der Waals surface area contributed by atoms with Gasteiger partial charge in [-0.2, -0.15) is 4.39 Å². The molecule has 102 valence electrons. The molecule has 0 unspecified atom stereocenters. The van der Waals surface area contributed by atoms with Gasteiger partial charge in [0.05, 0.1) is 17.2 Å². The molecule has 0 spiro atoms. The van der Waals surface area contributed by atoms with Gasteiger partial charge in [0, 0.05) is 24.8 Å². The molecule has 0 aliphatic heterocycles. The number of methoxy groups -OCH3 is 1. The van der Waals surface area contributed by atoms with Crippen molar-refractivity contribution in [3.8, 4) is 10.4 Å².